The van der Waals surface area contributed by atoms with Crippen LogP contribution in [-0.4, -0.2) is 26.2 Å². The van der Waals surface area contributed by atoms with Crippen LogP contribution in [-0.2, 0) is 6.42 Å². The van der Waals surface area contributed by atoms with E-state index in [9.17, 15) is 0 Å². The van der Waals surface area contributed by atoms with E-state index in [2.05, 4.69) is 23.6 Å². The summed E-state index contributed by atoms with van der Waals surface area (Å²) < 4.78 is 0. The molecule has 0 bridgehead atoms. The first kappa shape index (κ1) is 12.5. The number of hydrogen-bond donors (Lipinski definition) is 2. The third-order valence-corrected chi connectivity index (χ3v) is 2.44. The van der Waals surface area contributed by atoms with Crippen molar-refractivity contribution in [3.8, 4) is 0 Å². The van der Waals surface area contributed by atoms with Crippen LogP contribution in [0.5, 0.6) is 0 Å². The highest BCUT2D eigenvalue weighted by Crippen LogP contribution is 2.10. The summed E-state index contributed by atoms with van der Waals surface area (Å²) in [6, 6.07) is 8.03. The highest BCUT2D eigenvalue weighted by molar-refractivity contribution is 6.30. The van der Waals surface area contributed by atoms with Gasteiger partial charge in [-0.05, 0) is 37.2 Å². The predicted octanol–water partition coefficient (Wildman–Crippen LogP) is 2.08. The topological polar surface area (TPSA) is 24.1 Å². The lowest BCUT2D eigenvalue weighted by atomic mass is 10.1. The molecule has 1 rings (SSSR count). The smallest absolute Gasteiger partial charge is 0.0408 e. The number of benzene rings is 1. The van der Waals surface area contributed by atoms with Gasteiger partial charge >= 0.3 is 0 Å². The largest absolute Gasteiger partial charge is 0.316 e. The van der Waals surface area contributed by atoms with Crippen molar-refractivity contribution >= 4 is 11.6 Å². The Morgan fingerprint density at radius 1 is 1.13 bits per heavy atom. The van der Waals surface area contributed by atoms with E-state index in [0.29, 0.717) is 0 Å². The molecule has 0 saturated carbocycles. The van der Waals surface area contributed by atoms with Crippen LogP contribution in [0.4, 0.5) is 0 Å². The molecule has 84 valence electrons. The van der Waals surface area contributed by atoms with E-state index in [0.717, 1.165) is 37.6 Å². The Kier molecular flexibility index (Phi) is 6.41. The maximum Gasteiger partial charge on any atom is 0.0408 e. The van der Waals surface area contributed by atoms with Crippen molar-refractivity contribution in [3.05, 3.63) is 34.9 Å². The first-order chi connectivity index (χ1) is 7.33. The first-order valence-electron chi connectivity index (χ1n) is 5.49. The van der Waals surface area contributed by atoms with Crippen molar-refractivity contribution in [1.29, 1.82) is 0 Å². The molecule has 2 N–H and O–H groups in total. The molecule has 1 aromatic carbocycles. The van der Waals surface area contributed by atoms with E-state index in [-0.39, 0.29) is 0 Å². The monoisotopic (exact) mass is 226 g/mol. The first-order valence-corrected chi connectivity index (χ1v) is 5.86. The van der Waals surface area contributed by atoms with E-state index < -0.39 is 0 Å². The lowest BCUT2D eigenvalue weighted by molar-refractivity contribution is 0.624. The Balaban J connectivity index is 2.10. The van der Waals surface area contributed by atoms with Gasteiger partial charge in [0.05, 0.1) is 0 Å². The van der Waals surface area contributed by atoms with Crippen LogP contribution in [0.3, 0.4) is 0 Å². The van der Waals surface area contributed by atoms with Gasteiger partial charge in [0.25, 0.3) is 0 Å². The molecule has 1 aromatic rings. The van der Waals surface area contributed by atoms with Gasteiger partial charge in [-0.25, -0.2) is 0 Å². The molecule has 0 aromatic heterocycles. The van der Waals surface area contributed by atoms with E-state index in [1.54, 1.807) is 0 Å². The Bertz CT molecular complexity index is 276. The van der Waals surface area contributed by atoms with Crippen molar-refractivity contribution in [1.82, 2.24) is 10.6 Å². The van der Waals surface area contributed by atoms with Crippen molar-refractivity contribution in [2.75, 3.05) is 26.2 Å². The summed E-state index contributed by atoms with van der Waals surface area (Å²) in [4.78, 5) is 0. The zero-order valence-electron chi connectivity index (χ0n) is 9.22. The summed E-state index contributed by atoms with van der Waals surface area (Å²) in [5.41, 5.74) is 1.29. The van der Waals surface area contributed by atoms with Gasteiger partial charge in [-0.15, -0.1) is 0 Å². The molecule has 0 spiro atoms. The molecule has 0 atom stereocenters. The summed E-state index contributed by atoms with van der Waals surface area (Å²) >= 11 is 5.90. The van der Waals surface area contributed by atoms with Crippen LogP contribution < -0.4 is 10.6 Å². The molecule has 2 nitrogen and oxygen atoms in total. The lowest BCUT2D eigenvalue weighted by Gasteiger charge is -2.05. The molecule has 15 heavy (non-hydrogen) atoms. The van der Waals surface area contributed by atoms with Gasteiger partial charge in [0.1, 0.15) is 0 Å². The van der Waals surface area contributed by atoms with Crippen LogP contribution in [0.2, 0.25) is 5.02 Å². The molecule has 3 heteroatoms. The van der Waals surface area contributed by atoms with E-state index in [1.165, 1.54) is 5.56 Å². The summed E-state index contributed by atoms with van der Waals surface area (Å²) in [6.07, 6.45) is 1.03. The van der Waals surface area contributed by atoms with E-state index >= 15 is 0 Å². The van der Waals surface area contributed by atoms with Gasteiger partial charge < -0.3 is 10.6 Å². The fourth-order valence-electron chi connectivity index (χ4n) is 1.40. The maximum absolute atomic E-state index is 5.90. The number of nitrogens with one attached hydrogen (secondary N) is 2. The second kappa shape index (κ2) is 7.69. The van der Waals surface area contributed by atoms with Crippen molar-refractivity contribution in [2.45, 2.75) is 13.3 Å². The maximum atomic E-state index is 5.90. The second-order valence-electron chi connectivity index (χ2n) is 3.48. The average Bonchev–Trinajstić information content (AvgIpc) is 2.23. The molecule has 0 aliphatic carbocycles. The fourth-order valence-corrected chi connectivity index (χ4v) is 1.62. The Morgan fingerprint density at radius 3 is 2.67 bits per heavy atom. The van der Waals surface area contributed by atoms with E-state index in [1.807, 2.05) is 18.2 Å². The Morgan fingerprint density at radius 2 is 1.93 bits per heavy atom. The van der Waals surface area contributed by atoms with E-state index in [4.69, 9.17) is 11.6 Å². The summed E-state index contributed by atoms with van der Waals surface area (Å²) in [6.45, 7) is 6.22. The molecule has 0 amide bonds. The minimum absolute atomic E-state index is 0.820. The lowest BCUT2D eigenvalue weighted by Crippen LogP contribution is -2.28. The number of hydrogen-bond acceptors (Lipinski definition) is 2. The zero-order valence-corrected chi connectivity index (χ0v) is 9.98. The van der Waals surface area contributed by atoms with Gasteiger partial charge in [0.2, 0.25) is 0 Å². The van der Waals surface area contributed by atoms with Gasteiger partial charge in [-0.2, -0.15) is 0 Å². The minimum atomic E-state index is 0.820. The third kappa shape index (κ3) is 5.78. The zero-order chi connectivity index (χ0) is 10.9. The SMILES string of the molecule is CCNCCNCCc1cccc(Cl)c1. The molecular formula is C12H19ClN2. The molecular weight excluding hydrogens is 208 g/mol. The summed E-state index contributed by atoms with van der Waals surface area (Å²) in [5.74, 6) is 0. The standard InChI is InChI=1S/C12H19ClN2/c1-2-14-8-9-15-7-6-11-4-3-5-12(13)10-11/h3-5,10,14-15H,2,6-9H2,1H3. The highest BCUT2D eigenvalue weighted by Gasteiger charge is 1.93. The number of likely N-dealkylation sites (N-methyl/N-ethyl adjacent to an activating group) is 1. The molecule has 0 saturated heterocycles. The molecule has 0 fully saturated rings. The quantitative estimate of drug-likeness (QED) is 0.696. The van der Waals surface area contributed by atoms with Gasteiger partial charge in [-0.3, -0.25) is 0 Å². The Hall–Kier alpha value is -0.570. The van der Waals surface area contributed by atoms with Crippen LogP contribution in [0.25, 0.3) is 0 Å². The predicted molar refractivity (Wildman–Crippen MR) is 66.6 cm³/mol. The van der Waals surface area contributed by atoms with Gasteiger partial charge in [0.15, 0.2) is 0 Å². The third-order valence-electron chi connectivity index (χ3n) is 2.21. The van der Waals surface area contributed by atoms with Crippen LogP contribution >= 0.6 is 11.6 Å². The van der Waals surface area contributed by atoms with Crippen molar-refractivity contribution in [2.24, 2.45) is 0 Å². The molecule has 0 heterocycles. The molecule has 0 radical (unpaired) electrons. The average molecular weight is 227 g/mol. The van der Waals surface area contributed by atoms with Crippen LogP contribution in [0.15, 0.2) is 24.3 Å². The van der Waals surface area contributed by atoms with Crippen LogP contribution in [0, 0.1) is 0 Å². The number of rotatable bonds is 7. The molecule has 0 aliphatic heterocycles. The van der Waals surface area contributed by atoms with Crippen molar-refractivity contribution < 1.29 is 0 Å². The minimum Gasteiger partial charge on any atom is -0.316 e. The fraction of sp³-hybridized carbons (Fsp3) is 0.500. The normalized spacial score (nSPS) is 10.5. The van der Waals surface area contributed by atoms with Crippen LogP contribution in [0.1, 0.15) is 12.5 Å². The summed E-state index contributed by atoms with van der Waals surface area (Å²) in [7, 11) is 0. The van der Waals surface area contributed by atoms with Crippen molar-refractivity contribution in [3.63, 3.8) is 0 Å². The van der Waals surface area contributed by atoms with Gasteiger partial charge in [-0.1, -0.05) is 30.7 Å². The molecule has 0 unspecified atom stereocenters. The Labute approximate surface area is 97.0 Å². The second-order valence-corrected chi connectivity index (χ2v) is 3.92. The molecule has 0 aliphatic rings. The highest BCUT2D eigenvalue weighted by atomic mass is 35.5. The summed E-state index contributed by atoms with van der Waals surface area (Å²) in [5, 5.41) is 7.47. The van der Waals surface area contributed by atoms with Gasteiger partial charge in [0, 0.05) is 18.1 Å². The number of halogens is 1.